The molecule has 1 atom stereocenters. The van der Waals surface area contributed by atoms with Crippen LogP contribution in [0.2, 0.25) is 0 Å². The Labute approximate surface area is 237 Å². The molecule has 212 valence electrons. The molecule has 0 spiro atoms. The molecule has 3 aromatic carbocycles. The van der Waals surface area contributed by atoms with Crippen molar-refractivity contribution in [2.75, 3.05) is 32.1 Å². The average Bonchev–Trinajstić information content (AvgIpc) is 3.01. The summed E-state index contributed by atoms with van der Waals surface area (Å²) < 4.78 is 11.0. The van der Waals surface area contributed by atoms with Gasteiger partial charge in [0.05, 0.1) is 7.11 Å². The lowest BCUT2D eigenvalue weighted by atomic mass is 9.78. The van der Waals surface area contributed by atoms with Gasteiger partial charge in [0, 0.05) is 36.8 Å². The molecule has 0 bridgehead atoms. The Hall–Kier alpha value is -4.00. The molecule has 1 fully saturated rings. The Balaban J connectivity index is 1.22. The van der Waals surface area contributed by atoms with Crippen molar-refractivity contribution in [3.8, 4) is 11.5 Å². The second-order valence-corrected chi connectivity index (χ2v) is 10.3. The van der Waals surface area contributed by atoms with Crippen LogP contribution in [0.15, 0.2) is 78.9 Å². The smallest absolute Gasteiger partial charge is 0.251 e. The van der Waals surface area contributed by atoms with Crippen LogP contribution in [0, 0.1) is 11.8 Å². The van der Waals surface area contributed by atoms with Gasteiger partial charge < -0.3 is 25.4 Å². The largest absolute Gasteiger partial charge is 0.497 e. The maximum Gasteiger partial charge on any atom is 0.251 e. The van der Waals surface area contributed by atoms with E-state index in [-0.39, 0.29) is 17.7 Å². The summed E-state index contributed by atoms with van der Waals surface area (Å²) in [5, 5.41) is 9.47. The predicted octanol–water partition coefficient (Wildman–Crippen LogP) is 5.82. The second-order valence-electron chi connectivity index (χ2n) is 10.3. The Kier molecular flexibility index (Phi) is 11.3. The third-order valence-corrected chi connectivity index (χ3v) is 7.50. The normalized spacial score (nSPS) is 14.1. The highest BCUT2D eigenvalue weighted by Gasteiger charge is 2.29. The van der Waals surface area contributed by atoms with Crippen molar-refractivity contribution in [1.29, 1.82) is 0 Å². The molecule has 0 saturated heterocycles. The topological polar surface area (TPSA) is 88.7 Å². The summed E-state index contributed by atoms with van der Waals surface area (Å²) in [4.78, 5) is 26.0. The van der Waals surface area contributed by atoms with Crippen molar-refractivity contribution in [3.63, 3.8) is 0 Å². The van der Waals surface area contributed by atoms with E-state index >= 15 is 0 Å². The predicted molar refractivity (Wildman–Crippen MR) is 159 cm³/mol. The molecule has 4 rings (SSSR count). The van der Waals surface area contributed by atoms with Crippen molar-refractivity contribution in [3.05, 3.63) is 90.0 Å². The maximum atomic E-state index is 13.2. The molecule has 1 aliphatic rings. The zero-order chi connectivity index (χ0) is 28.0. The molecule has 7 heteroatoms. The lowest BCUT2D eigenvalue weighted by Gasteiger charge is -2.29. The molecule has 3 aromatic rings. The molecule has 0 heterocycles. The zero-order valence-electron chi connectivity index (χ0n) is 23.4. The van der Waals surface area contributed by atoms with Gasteiger partial charge in [-0.1, -0.05) is 49.6 Å². The minimum absolute atomic E-state index is 0.0811. The number of rotatable bonds is 14. The average molecular weight is 544 g/mol. The van der Waals surface area contributed by atoms with Gasteiger partial charge in [-0.05, 0) is 79.3 Å². The van der Waals surface area contributed by atoms with E-state index in [2.05, 4.69) is 16.0 Å². The fraction of sp³-hybridized carbons (Fsp3) is 0.394. The SMILES string of the molecule is COc1ccc(NCCNC(=O)C(CCNC(=O)c2ccc(OCc3ccccc3)cc2)C2CCCCC2)cc1. The molecule has 0 aliphatic heterocycles. The molecule has 3 N–H and O–H groups in total. The summed E-state index contributed by atoms with van der Waals surface area (Å²) in [6.07, 6.45) is 6.34. The van der Waals surface area contributed by atoms with Crippen molar-refractivity contribution >= 4 is 17.5 Å². The number of carbonyl (C=O) groups is 2. The van der Waals surface area contributed by atoms with Gasteiger partial charge in [-0.25, -0.2) is 0 Å². The molecule has 0 radical (unpaired) electrons. The summed E-state index contributed by atoms with van der Waals surface area (Å²) in [5.74, 6) is 1.73. The highest BCUT2D eigenvalue weighted by Crippen LogP contribution is 2.32. The van der Waals surface area contributed by atoms with Crippen molar-refractivity contribution in [1.82, 2.24) is 10.6 Å². The van der Waals surface area contributed by atoms with E-state index in [4.69, 9.17) is 9.47 Å². The Morgan fingerprint density at radius 1 is 0.800 bits per heavy atom. The maximum absolute atomic E-state index is 13.2. The molecule has 1 saturated carbocycles. The van der Waals surface area contributed by atoms with Crippen LogP contribution >= 0.6 is 0 Å². The van der Waals surface area contributed by atoms with E-state index in [9.17, 15) is 9.59 Å². The summed E-state index contributed by atoms with van der Waals surface area (Å²) in [6.45, 7) is 2.12. The van der Waals surface area contributed by atoms with E-state index in [0.717, 1.165) is 35.6 Å². The van der Waals surface area contributed by atoms with Gasteiger partial charge >= 0.3 is 0 Å². The van der Waals surface area contributed by atoms with Gasteiger partial charge in [0.15, 0.2) is 0 Å². The number of benzene rings is 3. The third-order valence-electron chi connectivity index (χ3n) is 7.50. The number of ether oxygens (including phenoxy) is 2. The number of hydrogen-bond donors (Lipinski definition) is 3. The zero-order valence-corrected chi connectivity index (χ0v) is 23.4. The van der Waals surface area contributed by atoms with Crippen LogP contribution in [0.3, 0.4) is 0 Å². The number of carbonyl (C=O) groups excluding carboxylic acids is 2. The van der Waals surface area contributed by atoms with Crippen LogP contribution in [0.4, 0.5) is 5.69 Å². The fourth-order valence-corrected chi connectivity index (χ4v) is 5.24. The number of amides is 2. The minimum Gasteiger partial charge on any atom is -0.497 e. The lowest BCUT2D eigenvalue weighted by Crippen LogP contribution is -2.40. The number of methoxy groups -OCH3 is 1. The van der Waals surface area contributed by atoms with Crippen LogP contribution in [-0.2, 0) is 11.4 Å². The molecule has 1 unspecified atom stereocenters. The van der Waals surface area contributed by atoms with E-state index in [1.165, 1.54) is 19.3 Å². The van der Waals surface area contributed by atoms with E-state index in [1.54, 1.807) is 19.2 Å². The summed E-state index contributed by atoms with van der Waals surface area (Å²) in [5.41, 5.74) is 2.65. The molecule has 2 amide bonds. The minimum atomic E-state index is -0.138. The van der Waals surface area contributed by atoms with E-state index < -0.39 is 0 Å². The third kappa shape index (κ3) is 9.04. The first kappa shape index (κ1) is 29.0. The van der Waals surface area contributed by atoms with Gasteiger partial charge in [0.2, 0.25) is 5.91 Å². The van der Waals surface area contributed by atoms with Crippen LogP contribution in [0.25, 0.3) is 0 Å². The second kappa shape index (κ2) is 15.6. The van der Waals surface area contributed by atoms with Crippen LogP contribution in [0.5, 0.6) is 11.5 Å². The van der Waals surface area contributed by atoms with Gasteiger partial charge in [-0.3, -0.25) is 9.59 Å². The summed E-state index contributed by atoms with van der Waals surface area (Å²) in [7, 11) is 1.65. The standard InChI is InChI=1S/C33H41N3O4/c1-39-29-18-14-28(15-19-29)34-22-23-36-33(38)31(26-10-6-3-7-11-26)20-21-35-32(37)27-12-16-30(17-13-27)40-24-25-8-4-2-5-9-25/h2,4-5,8-9,12-19,26,31,34H,3,6-7,10-11,20-24H2,1H3,(H,35,37)(H,36,38). The van der Waals surface area contributed by atoms with Crippen molar-refractivity contribution in [2.45, 2.75) is 45.1 Å². The first-order valence-corrected chi connectivity index (χ1v) is 14.3. The molecule has 0 aromatic heterocycles. The first-order chi connectivity index (χ1) is 19.6. The summed E-state index contributed by atoms with van der Waals surface area (Å²) in [6, 6.07) is 24.9. The number of anilines is 1. The van der Waals surface area contributed by atoms with Crippen molar-refractivity contribution < 1.29 is 19.1 Å². The van der Waals surface area contributed by atoms with Gasteiger partial charge in [-0.15, -0.1) is 0 Å². The number of hydrogen-bond acceptors (Lipinski definition) is 5. The van der Waals surface area contributed by atoms with Crippen LogP contribution < -0.4 is 25.4 Å². The molecular formula is C33H41N3O4. The molecule has 1 aliphatic carbocycles. The van der Waals surface area contributed by atoms with Crippen LogP contribution in [-0.4, -0.2) is 38.6 Å². The summed E-state index contributed by atoms with van der Waals surface area (Å²) >= 11 is 0. The molecule has 40 heavy (non-hydrogen) atoms. The highest BCUT2D eigenvalue weighted by atomic mass is 16.5. The van der Waals surface area contributed by atoms with Gasteiger partial charge in [0.1, 0.15) is 18.1 Å². The highest BCUT2D eigenvalue weighted by molar-refractivity contribution is 5.94. The Morgan fingerprint density at radius 2 is 1.50 bits per heavy atom. The number of nitrogens with one attached hydrogen (secondary N) is 3. The van der Waals surface area contributed by atoms with Crippen molar-refractivity contribution in [2.24, 2.45) is 11.8 Å². The first-order valence-electron chi connectivity index (χ1n) is 14.3. The van der Waals surface area contributed by atoms with E-state index in [0.29, 0.717) is 44.1 Å². The molecule has 7 nitrogen and oxygen atoms in total. The quantitative estimate of drug-likeness (QED) is 0.223. The van der Waals surface area contributed by atoms with Gasteiger partial charge in [-0.2, -0.15) is 0 Å². The fourth-order valence-electron chi connectivity index (χ4n) is 5.24. The van der Waals surface area contributed by atoms with Gasteiger partial charge in [0.25, 0.3) is 5.91 Å². The Bertz CT molecular complexity index is 1180. The molecular weight excluding hydrogens is 502 g/mol. The van der Waals surface area contributed by atoms with Crippen LogP contribution in [0.1, 0.15) is 54.4 Å². The lowest BCUT2D eigenvalue weighted by molar-refractivity contribution is -0.127. The van der Waals surface area contributed by atoms with E-state index in [1.807, 2.05) is 66.7 Å². The monoisotopic (exact) mass is 543 g/mol. The Morgan fingerprint density at radius 3 is 2.20 bits per heavy atom.